The molecule has 4 rings (SSSR count). The first-order valence-electron chi connectivity index (χ1n) is 9.39. The van der Waals surface area contributed by atoms with Gasteiger partial charge in [0.15, 0.2) is 0 Å². The van der Waals surface area contributed by atoms with Crippen LogP contribution in [0.5, 0.6) is 0 Å². The van der Waals surface area contributed by atoms with Crippen molar-refractivity contribution in [2.45, 2.75) is 39.7 Å². The molecule has 1 unspecified atom stereocenters. The van der Waals surface area contributed by atoms with Gasteiger partial charge in [0.1, 0.15) is 11.3 Å². The summed E-state index contributed by atoms with van der Waals surface area (Å²) in [5, 5.41) is 6.94. The van der Waals surface area contributed by atoms with E-state index in [0.29, 0.717) is 36.7 Å². The molecule has 1 aliphatic heterocycles. The van der Waals surface area contributed by atoms with Crippen LogP contribution in [0, 0.1) is 25.2 Å². The van der Waals surface area contributed by atoms with E-state index < -0.39 is 0 Å². The summed E-state index contributed by atoms with van der Waals surface area (Å²) < 4.78 is 5.15. The predicted molar refractivity (Wildman–Crippen MR) is 97.7 cm³/mol. The van der Waals surface area contributed by atoms with E-state index in [9.17, 15) is 9.59 Å². The highest BCUT2D eigenvalue weighted by molar-refractivity contribution is 5.97. The summed E-state index contributed by atoms with van der Waals surface area (Å²) >= 11 is 0. The number of pyridine rings is 1. The fraction of sp³-hybridized carbons (Fsp3) is 0.500. The lowest BCUT2D eigenvalue weighted by Crippen LogP contribution is -2.45. The number of amides is 2. The molecule has 0 bridgehead atoms. The van der Waals surface area contributed by atoms with Crippen molar-refractivity contribution in [3.8, 4) is 0 Å². The average molecular weight is 368 g/mol. The molecule has 7 heteroatoms. The molecule has 2 fully saturated rings. The van der Waals surface area contributed by atoms with Crippen LogP contribution in [0.3, 0.4) is 0 Å². The molecule has 1 N–H and O–H groups in total. The van der Waals surface area contributed by atoms with E-state index >= 15 is 0 Å². The lowest BCUT2D eigenvalue weighted by molar-refractivity contribution is -0.129. The van der Waals surface area contributed by atoms with Gasteiger partial charge in [-0.3, -0.25) is 14.6 Å². The Morgan fingerprint density at radius 3 is 2.63 bits per heavy atom. The fourth-order valence-corrected chi connectivity index (χ4v) is 4.38. The third-order valence-electron chi connectivity index (χ3n) is 6.06. The first kappa shape index (κ1) is 17.7. The molecule has 1 spiro atoms. The van der Waals surface area contributed by atoms with Crippen LogP contribution in [0.15, 0.2) is 29.0 Å². The standard InChI is InChI=1S/C20H24N4O3/c1-13-17(14(2)27-23-13)19(26)24-11-16(20(12-24)6-3-7-20)18(25)22-10-15-4-8-21-9-5-15/h4-5,8-9,16H,3,6-7,10-12H2,1-2H3,(H,22,25). The Balaban J connectivity index is 1.48. The van der Waals surface area contributed by atoms with Gasteiger partial charge in [-0.25, -0.2) is 0 Å². The third-order valence-corrected chi connectivity index (χ3v) is 6.06. The van der Waals surface area contributed by atoms with Gasteiger partial charge in [-0.05, 0) is 44.4 Å². The van der Waals surface area contributed by atoms with Gasteiger partial charge in [0.25, 0.3) is 5.91 Å². The Morgan fingerprint density at radius 2 is 2.04 bits per heavy atom. The summed E-state index contributed by atoms with van der Waals surface area (Å²) in [6.45, 7) is 5.08. The number of carbonyl (C=O) groups is 2. The number of likely N-dealkylation sites (tertiary alicyclic amines) is 1. The first-order valence-corrected chi connectivity index (χ1v) is 9.39. The molecule has 0 radical (unpaired) electrons. The molecule has 2 aromatic heterocycles. The predicted octanol–water partition coefficient (Wildman–Crippen LogP) is 2.25. The number of nitrogens with zero attached hydrogens (tertiary/aromatic N) is 3. The normalized spacial score (nSPS) is 20.5. The van der Waals surface area contributed by atoms with Crippen LogP contribution in [-0.2, 0) is 11.3 Å². The van der Waals surface area contributed by atoms with Crippen LogP contribution in [0.2, 0.25) is 0 Å². The van der Waals surface area contributed by atoms with Crippen molar-refractivity contribution in [3.05, 3.63) is 47.1 Å². The highest BCUT2D eigenvalue weighted by Gasteiger charge is 2.54. The molecule has 1 saturated heterocycles. The van der Waals surface area contributed by atoms with Gasteiger partial charge in [0, 0.05) is 37.4 Å². The van der Waals surface area contributed by atoms with E-state index in [2.05, 4.69) is 15.5 Å². The molecule has 2 aliphatic rings. The van der Waals surface area contributed by atoms with Crippen molar-refractivity contribution in [2.24, 2.45) is 11.3 Å². The minimum Gasteiger partial charge on any atom is -0.361 e. The monoisotopic (exact) mass is 368 g/mol. The number of rotatable bonds is 4. The quantitative estimate of drug-likeness (QED) is 0.894. The van der Waals surface area contributed by atoms with Crippen molar-refractivity contribution in [2.75, 3.05) is 13.1 Å². The van der Waals surface area contributed by atoms with Crippen LogP contribution in [-0.4, -0.2) is 39.9 Å². The van der Waals surface area contributed by atoms with E-state index in [-0.39, 0.29) is 23.1 Å². The molecule has 0 aromatic carbocycles. The largest absolute Gasteiger partial charge is 0.361 e. The fourth-order valence-electron chi connectivity index (χ4n) is 4.38. The van der Waals surface area contributed by atoms with Crippen LogP contribution >= 0.6 is 0 Å². The van der Waals surface area contributed by atoms with E-state index in [1.54, 1.807) is 26.2 Å². The summed E-state index contributed by atoms with van der Waals surface area (Å²) in [5.74, 6) is 0.311. The second-order valence-electron chi connectivity index (χ2n) is 7.73. The Kier molecular flexibility index (Phi) is 4.45. The number of aryl methyl sites for hydroxylation is 2. The Labute approximate surface area is 158 Å². The third kappa shape index (κ3) is 3.11. The molecule has 1 atom stereocenters. The van der Waals surface area contributed by atoms with Gasteiger partial charge in [-0.2, -0.15) is 0 Å². The number of hydrogen-bond acceptors (Lipinski definition) is 5. The molecule has 2 amide bonds. The molecule has 142 valence electrons. The van der Waals surface area contributed by atoms with E-state index in [1.807, 2.05) is 17.0 Å². The maximum atomic E-state index is 13.0. The summed E-state index contributed by atoms with van der Waals surface area (Å²) in [6.07, 6.45) is 6.53. The van der Waals surface area contributed by atoms with Gasteiger partial charge in [0.2, 0.25) is 5.91 Å². The highest BCUT2D eigenvalue weighted by atomic mass is 16.5. The van der Waals surface area contributed by atoms with Gasteiger partial charge >= 0.3 is 0 Å². The van der Waals surface area contributed by atoms with Crippen molar-refractivity contribution >= 4 is 11.8 Å². The van der Waals surface area contributed by atoms with E-state index in [1.165, 1.54) is 0 Å². The average Bonchev–Trinajstić information content (AvgIpc) is 3.21. The molecular weight excluding hydrogens is 344 g/mol. The van der Waals surface area contributed by atoms with Crippen LogP contribution in [0.4, 0.5) is 0 Å². The van der Waals surface area contributed by atoms with E-state index in [4.69, 9.17) is 4.52 Å². The zero-order valence-corrected chi connectivity index (χ0v) is 15.7. The zero-order chi connectivity index (χ0) is 19.0. The molecule has 1 aliphatic carbocycles. The van der Waals surface area contributed by atoms with Crippen molar-refractivity contribution in [1.82, 2.24) is 20.4 Å². The second kappa shape index (κ2) is 6.79. The smallest absolute Gasteiger partial charge is 0.259 e. The van der Waals surface area contributed by atoms with Crippen LogP contribution in [0.25, 0.3) is 0 Å². The number of carbonyl (C=O) groups excluding carboxylic acids is 2. The molecule has 27 heavy (non-hydrogen) atoms. The molecular formula is C20H24N4O3. The van der Waals surface area contributed by atoms with Crippen molar-refractivity contribution in [3.63, 3.8) is 0 Å². The number of nitrogens with one attached hydrogen (secondary N) is 1. The van der Waals surface area contributed by atoms with Gasteiger partial charge in [-0.1, -0.05) is 11.6 Å². The van der Waals surface area contributed by atoms with Gasteiger partial charge < -0.3 is 14.7 Å². The topological polar surface area (TPSA) is 88.3 Å². The molecule has 1 saturated carbocycles. The van der Waals surface area contributed by atoms with Crippen molar-refractivity contribution < 1.29 is 14.1 Å². The highest BCUT2D eigenvalue weighted by Crippen LogP contribution is 2.52. The van der Waals surface area contributed by atoms with Crippen molar-refractivity contribution in [1.29, 1.82) is 0 Å². The molecule has 2 aromatic rings. The maximum absolute atomic E-state index is 13.0. The minimum absolute atomic E-state index is 0.0283. The maximum Gasteiger partial charge on any atom is 0.259 e. The van der Waals surface area contributed by atoms with E-state index in [0.717, 1.165) is 24.8 Å². The SMILES string of the molecule is Cc1noc(C)c1C(=O)N1CC(C(=O)NCc2ccncc2)C2(CCC2)C1. The first-order chi connectivity index (χ1) is 13.0. The summed E-state index contributed by atoms with van der Waals surface area (Å²) in [5.41, 5.74) is 2.06. The Bertz CT molecular complexity index is 838. The van der Waals surface area contributed by atoms with Crippen LogP contribution < -0.4 is 5.32 Å². The zero-order valence-electron chi connectivity index (χ0n) is 15.7. The van der Waals surface area contributed by atoms with Gasteiger partial charge in [0.05, 0.1) is 11.6 Å². The number of aromatic nitrogens is 2. The second-order valence-corrected chi connectivity index (χ2v) is 7.73. The summed E-state index contributed by atoms with van der Waals surface area (Å²) in [4.78, 5) is 31.7. The summed E-state index contributed by atoms with van der Waals surface area (Å²) in [7, 11) is 0. The molecule has 7 nitrogen and oxygen atoms in total. The Hall–Kier alpha value is -2.70. The lowest BCUT2D eigenvalue weighted by Gasteiger charge is -2.41. The molecule has 3 heterocycles. The minimum atomic E-state index is -0.169. The number of hydrogen-bond donors (Lipinski definition) is 1. The van der Waals surface area contributed by atoms with Gasteiger partial charge in [-0.15, -0.1) is 0 Å². The lowest BCUT2D eigenvalue weighted by atomic mass is 9.62. The Morgan fingerprint density at radius 1 is 1.30 bits per heavy atom. The van der Waals surface area contributed by atoms with Crippen LogP contribution in [0.1, 0.15) is 46.6 Å². The summed E-state index contributed by atoms with van der Waals surface area (Å²) in [6, 6.07) is 3.78.